The molecule has 2 aromatic heterocycles. The van der Waals surface area contributed by atoms with Crippen LogP contribution in [0.2, 0.25) is 10.0 Å². The van der Waals surface area contributed by atoms with Crippen molar-refractivity contribution in [3.8, 4) is 0 Å². The molecule has 0 amide bonds. The molecular weight excluding hydrogens is 309 g/mol. The van der Waals surface area contributed by atoms with Crippen LogP contribution in [0.15, 0.2) is 30.9 Å². The van der Waals surface area contributed by atoms with E-state index in [1.54, 1.807) is 24.8 Å². The first kappa shape index (κ1) is 14.1. The highest BCUT2D eigenvalue weighted by molar-refractivity contribution is 6.42. The van der Waals surface area contributed by atoms with E-state index in [0.717, 1.165) is 22.2 Å². The zero-order valence-corrected chi connectivity index (χ0v) is 12.5. The first-order valence-corrected chi connectivity index (χ1v) is 7.11. The number of hydrogen-bond donors (Lipinski definition) is 3. The maximum atomic E-state index is 6.27. The van der Waals surface area contributed by atoms with E-state index < -0.39 is 0 Å². The lowest BCUT2D eigenvalue weighted by atomic mass is 10.1. The summed E-state index contributed by atoms with van der Waals surface area (Å²) in [5, 5.41) is 5.18. The molecule has 0 radical (unpaired) electrons. The van der Waals surface area contributed by atoms with Gasteiger partial charge in [-0.15, -0.1) is 0 Å². The first-order valence-electron chi connectivity index (χ1n) is 6.36. The number of anilines is 1. The molecule has 1 aromatic carbocycles. The van der Waals surface area contributed by atoms with Crippen molar-refractivity contribution >= 4 is 39.8 Å². The zero-order chi connectivity index (χ0) is 14.8. The Morgan fingerprint density at radius 1 is 1.19 bits per heavy atom. The minimum atomic E-state index is 0.570. The summed E-state index contributed by atoms with van der Waals surface area (Å²) in [6.07, 6.45) is 6.71. The van der Waals surface area contributed by atoms with Crippen molar-refractivity contribution in [3.05, 3.63) is 52.2 Å². The van der Waals surface area contributed by atoms with Crippen LogP contribution in [-0.2, 0) is 13.1 Å². The molecule has 108 valence electrons. The highest BCUT2D eigenvalue weighted by atomic mass is 35.5. The summed E-state index contributed by atoms with van der Waals surface area (Å²) in [5.74, 6) is 0. The van der Waals surface area contributed by atoms with Crippen molar-refractivity contribution in [1.82, 2.24) is 20.3 Å². The van der Waals surface area contributed by atoms with Crippen LogP contribution in [-0.4, -0.2) is 15.0 Å². The second kappa shape index (κ2) is 5.89. The van der Waals surface area contributed by atoms with Gasteiger partial charge in [-0.2, -0.15) is 0 Å². The van der Waals surface area contributed by atoms with Crippen molar-refractivity contribution in [2.45, 2.75) is 13.1 Å². The van der Waals surface area contributed by atoms with E-state index in [1.807, 2.05) is 6.07 Å². The normalized spacial score (nSPS) is 11.1. The molecule has 2 heterocycles. The Morgan fingerprint density at radius 3 is 2.81 bits per heavy atom. The summed E-state index contributed by atoms with van der Waals surface area (Å²) in [6, 6.07) is 1.84. The third-order valence-electron chi connectivity index (χ3n) is 3.23. The molecule has 0 spiro atoms. The van der Waals surface area contributed by atoms with E-state index in [0.29, 0.717) is 28.8 Å². The number of halogens is 2. The van der Waals surface area contributed by atoms with Crippen molar-refractivity contribution in [2.75, 3.05) is 5.73 Å². The van der Waals surface area contributed by atoms with Gasteiger partial charge in [-0.05, 0) is 11.6 Å². The van der Waals surface area contributed by atoms with Gasteiger partial charge in [0.2, 0.25) is 0 Å². The molecule has 21 heavy (non-hydrogen) atoms. The molecule has 0 unspecified atom stereocenters. The molecule has 4 N–H and O–H groups in total. The number of nitrogen functional groups attached to an aromatic ring is 1. The van der Waals surface area contributed by atoms with Crippen LogP contribution in [0.5, 0.6) is 0 Å². The number of hydrogen-bond acceptors (Lipinski definition) is 4. The number of H-pyrrole nitrogens is 1. The van der Waals surface area contributed by atoms with Crippen LogP contribution in [0.3, 0.4) is 0 Å². The fraction of sp³-hybridized carbons (Fsp3) is 0.143. The van der Waals surface area contributed by atoms with Gasteiger partial charge in [0, 0.05) is 43.3 Å². The molecule has 7 heteroatoms. The van der Waals surface area contributed by atoms with Crippen molar-refractivity contribution in [1.29, 1.82) is 0 Å². The number of nitrogens with one attached hydrogen (secondary N) is 2. The zero-order valence-electron chi connectivity index (χ0n) is 11.0. The highest BCUT2D eigenvalue weighted by Gasteiger charge is 2.13. The maximum absolute atomic E-state index is 6.27. The van der Waals surface area contributed by atoms with Crippen molar-refractivity contribution in [3.63, 3.8) is 0 Å². The summed E-state index contributed by atoms with van der Waals surface area (Å²) in [6.45, 7) is 1.18. The molecule has 0 saturated carbocycles. The van der Waals surface area contributed by atoms with Crippen LogP contribution >= 0.6 is 23.2 Å². The van der Waals surface area contributed by atoms with Crippen molar-refractivity contribution < 1.29 is 0 Å². The topological polar surface area (TPSA) is 79.6 Å². The van der Waals surface area contributed by atoms with E-state index in [-0.39, 0.29) is 0 Å². The Morgan fingerprint density at radius 2 is 2.05 bits per heavy atom. The van der Waals surface area contributed by atoms with Gasteiger partial charge in [-0.3, -0.25) is 9.97 Å². The standard InChI is InChI=1S/C14H13Cl2N5/c15-10-3-8(4-19-6-9-5-18-1-2-20-9)13(17)14-12(10)11(16)7-21-14/h1-3,5,7,19,21H,4,6,17H2. The lowest BCUT2D eigenvalue weighted by molar-refractivity contribution is 0.678. The largest absolute Gasteiger partial charge is 0.397 e. The van der Waals surface area contributed by atoms with E-state index in [9.17, 15) is 0 Å². The van der Waals surface area contributed by atoms with E-state index >= 15 is 0 Å². The maximum Gasteiger partial charge on any atom is 0.0724 e. The molecule has 3 aromatic rings. The van der Waals surface area contributed by atoms with Gasteiger partial charge in [-0.25, -0.2) is 0 Å². The second-order valence-corrected chi connectivity index (χ2v) is 5.43. The van der Waals surface area contributed by atoms with Gasteiger partial charge in [0.1, 0.15) is 0 Å². The Hall–Kier alpha value is -1.82. The van der Waals surface area contributed by atoms with Crippen LogP contribution in [0, 0.1) is 0 Å². The monoisotopic (exact) mass is 321 g/mol. The SMILES string of the molecule is Nc1c(CNCc2cnccn2)cc(Cl)c2c(Cl)c[nH]c12. The molecule has 5 nitrogen and oxygen atoms in total. The van der Waals surface area contributed by atoms with Gasteiger partial charge in [-0.1, -0.05) is 23.2 Å². The lowest BCUT2D eigenvalue weighted by Crippen LogP contribution is -2.15. The van der Waals surface area contributed by atoms with E-state index in [1.165, 1.54) is 0 Å². The molecular formula is C14H13Cl2N5. The number of fused-ring (bicyclic) bond motifs is 1. The second-order valence-electron chi connectivity index (χ2n) is 4.62. The molecule has 3 rings (SSSR count). The Kier molecular flexibility index (Phi) is 3.96. The molecule has 0 saturated heterocycles. The van der Waals surface area contributed by atoms with E-state index in [4.69, 9.17) is 28.9 Å². The summed E-state index contributed by atoms with van der Waals surface area (Å²) in [4.78, 5) is 11.3. The summed E-state index contributed by atoms with van der Waals surface area (Å²) >= 11 is 12.4. The van der Waals surface area contributed by atoms with Crippen LogP contribution in [0.25, 0.3) is 10.9 Å². The molecule has 0 atom stereocenters. The fourth-order valence-corrected chi connectivity index (χ4v) is 2.83. The first-order chi connectivity index (χ1) is 10.2. The fourth-order valence-electron chi connectivity index (χ4n) is 2.20. The predicted octanol–water partition coefficient (Wildman–Crippen LogP) is 3.14. The summed E-state index contributed by atoms with van der Waals surface area (Å²) in [7, 11) is 0. The van der Waals surface area contributed by atoms with Gasteiger partial charge in [0.15, 0.2) is 0 Å². The molecule has 0 aliphatic rings. The van der Waals surface area contributed by atoms with Crippen LogP contribution < -0.4 is 11.1 Å². The van der Waals surface area contributed by atoms with Gasteiger partial charge < -0.3 is 16.0 Å². The summed E-state index contributed by atoms with van der Waals surface area (Å²) < 4.78 is 0. The number of rotatable bonds is 4. The quantitative estimate of drug-likeness (QED) is 0.645. The Balaban J connectivity index is 1.80. The molecule has 0 aliphatic carbocycles. The van der Waals surface area contributed by atoms with Gasteiger partial charge in [0.05, 0.1) is 26.9 Å². The smallest absolute Gasteiger partial charge is 0.0724 e. The molecule has 0 fully saturated rings. The lowest BCUT2D eigenvalue weighted by Gasteiger charge is -2.10. The van der Waals surface area contributed by atoms with Gasteiger partial charge in [0.25, 0.3) is 0 Å². The third kappa shape index (κ3) is 2.81. The van der Waals surface area contributed by atoms with Gasteiger partial charge >= 0.3 is 0 Å². The van der Waals surface area contributed by atoms with Crippen molar-refractivity contribution in [2.24, 2.45) is 0 Å². The number of nitrogens with zero attached hydrogens (tertiary/aromatic N) is 2. The Bertz CT molecular complexity index is 770. The number of aromatic nitrogens is 3. The average molecular weight is 322 g/mol. The van der Waals surface area contributed by atoms with E-state index in [2.05, 4.69) is 20.3 Å². The highest BCUT2D eigenvalue weighted by Crippen LogP contribution is 2.35. The predicted molar refractivity (Wildman–Crippen MR) is 85.3 cm³/mol. The minimum absolute atomic E-state index is 0.570. The van der Waals surface area contributed by atoms with Crippen LogP contribution in [0.4, 0.5) is 5.69 Å². The average Bonchev–Trinajstić information content (AvgIpc) is 2.88. The Labute approximate surface area is 131 Å². The van der Waals surface area contributed by atoms with Crippen LogP contribution in [0.1, 0.15) is 11.3 Å². The summed E-state index contributed by atoms with van der Waals surface area (Å²) in [5.41, 5.74) is 9.36. The number of aromatic amines is 1. The molecule has 0 bridgehead atoms. The number of benzene rings is 1. The third-order valence-corrected chi connectivity index (χ3v) is 3.82. The minimum Gasteiger partial charge on any atom is -0.397 e. The number of nitrogens with two attached hydrogens (primary N) is 1. The molecule has 0 aliphatic heterocycles.